The van der Waals surface area contributed by atoms with Crippen molar-refractivity contribution >= 4 is 28.2 Å². The van der Waals surface area contributed by atoms with E-state index in [0.29, 0.717) is 17.1 Å². The molecule has 0 saturated carbocycles. The first kappa shape index (κ1) is 19.6. The number of aromatic nitrogens is 4. The Labute approximate surface area is 170 Å². The van der Waals surface area contributed by atoms with Crippen molar-refractivity contribution in [2.75, 3.05) is 23.8 Å². The van der Waals surface area contributed by atoms with Crippen LogP contribution in [0.25, 0.3) is 11.5 Å². The molecule has 29 heavy (non-hydrogen) atoms. The second kappa shape index (κ2) is 7.25. The van der Waals surface area contributed by atoms with Crippen molar-refractivity contribution in [3.8, 4) is 11.5 Å². The number of halogens is 3. The number of hydrogen-bond donors (Lipinski definition) is 1. The average molecular weight is 420 g/mol. The zero-order valence-corrected chi connectivity index (χ0v) is 16.9. The van der Waals surface area contributed by atoms with Crippen LogP contribution in [0.1, 0.15) is 36.5 Å². The van der Waals surface area contributed by atoms with Crippen LogP contribution in [-0.2, 0) is 12.6 Å². The Balaban J connectivity index is 1.62. The SMILES string of the molecule is CC(C)c1cnc(Nc2nc(-c3cc4c(cn3)N(C)CC4)ns2)c(C(F)(F)F)c1. The third kappa shape index (κ3) is 3.89. The second-order valence-corrected chi connectivity index (χ2v) is 7.99. The summed E-state index contributed by atoms with van der Waals surface area (Å²) in [6.07, 6.45) is -0.387. The molecule has 0 amide bonds. The number of hydrogen-bond acceptors (Lipinski definition) is 7. The van der Waals surface area contributed by atoms with Crippen molar-refractivity contribution in [2.24, 2.45) is 0 Å². The maximum Gasteiger partial charge on any atom is 0.419 e. The molecular formula is C19H19F3N6S. The number of alkyl halides is 3. The summed E-state index contributed by atoms with van der Waals surface area (Å²) < 4.78 is 44.7. The van der Waals surface area contributed by atoms with E-state index in [4.69, 9.17) is 0 Å². The van der Waals surface area contributed by atoms with Crippen LogP contribution in [0.3, 0.4) is 0 Å². The summed E-state index contributed by atoms with van der Waals surface area (Å²) in [6, 6.07) is 3.06. The maximum atomic E-state index is 13.5. The molecule has 1 N–H and O–H groups in total. The molecule has 0 fully saturated rings. The minimum absolute atomic E-state index is 0.0595. The molecule has 3 aromatic heterocycles. The standard InChI is InChI=1S/C19H19F3N6S/c1-10(2)12-6-13(19(20,21)22)16(24-8-12)25-18-26-17(27-29-18)14-7-11-4-5-28(3)15(11)9-23-14/h6-10H,4-5H2,1-3H3,(H,24,25,26,27). The Bertz CT molecular complexity index is 1050. The number of pyridine rings is 2. The lowest BCUT2D eigenvalue weighted by molar-refractivity contribution is -0.137. The molecule has 0 unspecified atom stereocenters. The van der Waals surface area contributed by atoms with Gasteiger partial charge >= 0.3 is 6.18 Å². The van der Waals surface area contributed by atoms with Gasteiger partial charge in [-0.05, 0) is 35.6 Å². The molecule has 0 saturated heterocycles. The molecule has 0 spiro atoms. The first-order valence-corrected chi connectivity index (χ1v) is 9.88. The summed E-state index contributed by atoms with van der Waals surface area (Å²) in [6.45, 7) is 4.57. The van der Waals surface area contributed by atoms with Gasteiger partial charge in [0.25, 0.3) is 0 Å². The van der Waals surface area contributed by atoms with Gasteiger partial charge in [-0.2, -0.15) is 22.5 Å². The van der Waals surface area contributed by atoms with Gasteiger partial charge < -0.3 is 10.2 Å². The van der Waals surface area contributed by atoms with Crippen LogP contribution in [0.15, 0.2) is 24.5 Å². The maximum absolute atomic E-state index is 13.5. The smallest absolute Gasteiger partial charge is 0.373 e. The lowest BCUT2D eigenvalue weighted by Crippen LogP contribution is -2.12. The third-order valence-corrected chi connectivity index (χ3v) is 5.49. The van der Waals surface area contributed by atoms with E-state index in [9.17, 15) is 13.2 Å². The molecule has 0 atom stereocenters. The van der Waals surface area contributed by atoms with E-state index in [1.54, 1.807) is 6.20 Å². The summed E-state index contributed by atoms with van der Waals surface area (Å²) in [5, 5.41) is 2.90. The van der Waals surface area contributed by atoms with E-state index < -0.39 is 11.7 Å². The van der Waals surface area contributed by atoms with E-state index in [-0.39, 0.29) is 16.9 Å². The van der Waals surface area contributed by atoms with E-state index in [1.807, 2.05) is 27.0 Å². The van der Waals surface area contributed by atoms with Gasteiger partial charge in [0.15, 0.2) is 5.82 Å². The molecule has 152 valence electrons. The minimum Gasteiger partial charge on any atom is -0.373 e. The molecule has 1 aliphatic rings. The molecule has 4 heterocycles. The van der Waals surface area contributed by atoms with Crippen molar-refractivity contribution in [1.29, 1.82) is 0 Å². The Morgan fingerprint density at radius 1 is 1.17 bits per heavy atom. The normalized spacial score (nSPS) is 13.8. The van der Waals surface area contributed by atoms with Crippen LogP contribution in [-0.4, -0.2) is 32.9 Å². The highest BCUT2D eigenvalue weighted by atomic mass is 32.1. The second-order valence-electron chi connectivity index (χ2n) is 7.24. The van der Waals surface area contributed by atoms with Gasteiger partial charge in [0.05, 0.1) is 17.4 Å². The van der Waals surface area contributed by atoms with Crippen LogP contribution in [0, 0.1) is 0 Å². The van der Waals surface area contributed by atoms with Crippen LogP contribution >= 0.6 is 11.5 Å². The van der Waals surface area contributed by atoms with Crippen molar-refractivity contribution in [1.82, 2.24) is 19.3 Å². The first-order valence-electron chi connectivity index (χ1n) is 9.10. The lowest BCUT2D eigenvalue weighted by Gasteiger charge is -2.15. The summed E-state index contributed by atoms with van der Waals surface area (Å²) in [5.74, 6) is 0.0334. The van der Waals surface area contributed by atoms with E-state index in [0.717, 1.165) is 41.8 Å². The number of fused-ring (bicyclic) bond motifs is 1. The number of rotatable bonds is 4. The summed E-state index contributed by atoms with van der Waals surface area (Å²) >= 11 is 0.973. The fraction of sp³-hybridized carbons (Fsp3) is 0.368. The topological polar surface area (TPSA) is 66.8 Å². The highest BCUT2D eigenvalue weighted by Gasteiger charge is 2.35. The number of nitrogens with one attached hydrogen (secondary N) is 1. The van der Waals surface area contributed by atoms with Crippen LogP contribution in [0.2, 0.25) is 0 Å². The van der Waals surface area contributed by atoms with Crippen molar-refractivity contribution < 1.29 is 13.2 Å². The van der Waals surface area contributed by atoms with Gasteiger partial charge in [-0.3, -0.25) is 4.98 Å². The van der Waals surface area contributed by atoms with Gasteiger partial charge in [-0.15, -0.1) is 0 Å². The molecule has 0 aliphatic carbocycles. The Kier molecular flexibility index (Phi) is 4.89. The molecule has 0 bridgehead atoms. The number of likely N-dealkylation sites (N-methyl/N-ethyl adjacent to an activating group) is 1. The Hall–Kier alpha value is -2.75. The summed E-state index contributed by atoms with van der Waals surface area (Å²) in [5.41, 5.74) is 2.54. The predicted octanol–water partition coefficient (Wildman–Crippen LogP) is 4.87. The van der Waals surface area contributed by atoms with E-state index in [1.165, 1.54) is 6.20 Å². The molecule has 0 radical (unpaired) electrons. The highest BCUT2D eigenvalue weighted by Crippen LogP contribution is 2.37. The van der Waals surface area contributed by atoms with Gasteiger partial charge in [0.2, 0.25) is 5.13 Å². The van der Waals surface area contributed by atoms with Crippen molar-refractivity contribution in [3.63, 3.8) is 0 Å². The van der Waals surface area contributed by atoms with Crippen molar-refractivity contribution in [3.05, 3.63) is 41.2 Å². The Morgan fingerprint density at radius 3 is 2.69 bits per heavy atom. The number of anilines is 3. The van der Waals surface area contributed by atoms with Crippen LogP contribution in [0.4, 0.5) is 29.8 Å². The molecular weight excluding hydrogens is 401 g/mol. The number of nitrogens with zero attached hydrogens (tertiary/aromatic N) is 5. The molecule has 0 aromatic carbocycles. The van der Waals surface area contributed by atoms with Gasteiger partial charge in [-0.25, -0.2) is 4.98 Å². The van der Waals surface area contributed by atoms with Gasteiger partial charge in [-0.1, -0.05) is 13.8 Å². The molecule has 4 rings (SSSR count). The first-order chi connectivity index (χ1) is 13.7. The zero-order valence-electron chi connectivity index (χ0n) is 16.1. The highest BCUT2D eigenvalue weighted by molar-refractivity contribution is 7.09. The summed E-state index contributed by atoms with van der Waals surface area (Å²) in [4.78, 5) is 14.8. The fourth-order valence-electron chi connectivity index (χ4n) is 3.16. The largest absolute Gasteiger partial charge is 0.419 e. The quantitative estimate of drug-likeness (QED) is 0.649. The van der Waals surface area contributed by atoms with Gasteiger partial charge in [0, 0.05) is 31.3 Å². The molecule has 6 nitrogen and oxygen atoms in total. The van der Waals surface area contributed by atoms with Gasteiger partial charge in [0.1, 0.15) is 11.5 Å². The lowest BCUT2D eigenvalue weighted by atomic mass is 10.0. The Morgan fingerprint density at radius 2 is 1.97 bits per heavy atom. The third-order valence-electron chi connectivity index (χ3n) is 4.86. The average Bonchev–Trinajstić information content (AvgIpc) is 3.28. The van der Waals surface area contributed by atoms with Crippen molar-refractivity contribution in [2.45, 2.75) is 32.4 Å². The minimum atomic E-state index is -4.53. The summed E-state index contributed by atoms with van der Waals surface area (Å²) in [7, 11) is 2.01. The van der Waals surface area contributed by atoms with Crippen LogP contribution < -0.4 is 10.2 Å². The zero-order chi connectivity index (χ0) is 20.8. The molecule has 10 heteroatoms. The predicted molar refractivity (Wildman–Crippen MR) is 107 cm³/mol. The van der Waals surface area contributed by atoms with E-state index in [2.05, 4.69) is 29.5 Å². The van der Waals surface area contributed by atoms with E-state index >= 15 is 0 Å². The molecule has 3 aromatic rings. The van der Waals surface area contributed by atoms with Crippen LogP contribution in [0.5, 0.6) is 0 Å². The monoisotopic (exact) mass is 420 g/mol. The fourth-order valence-corrected chi connectivity index (χ4v) is 3.73. The molecule has 1 aliphatic heterocycles.